The van der Waals surface area contributed by atoms with Crippen molar-refractivity contribution in [3.05, 3.63) is 0 Å². The molecule has 3 heteroatoms. The number of hydrogen-bond donors (Lipinski definition) is 1. The van der Waals surface area contributed by atoms with Crippen molar-refractivity contribution in [2.45, 2.75) is 50.5 Å². The Hall–Kier alpha value is -0.120. The van der Waals surface area contributed by atoms with Gasteiger partial charge in [-0.1, -0.05) is 25.7 Å². The first-order chi connectivity index (χ1) is 8.30. The molecule has 1 saturated carbocycles. The number of rotatable bonds is 4. The minimum absolute atomic E-state index is 0.318. The van der Waals surface area contributed by atoms with Gasteiger partial charge in [-0.15, -0.1) is 0 Å². The van der Waals surface area contributed by atoms with Crippen molar-refractivity contribution in [3.8, 4) is 0 Å². The van der Waals surface area contributed by atoms with Crippen molar-refractivity contribution in [3.63, 3.8) is 0 Å². The third-order valence-electron chi connectivity index (χ3n) is 4.77. The summed E-state index contributed by atoms with van der Waals surface area (Å²) in [7, 11) is 1.81. The standard InChI is InChI=1S/C14H28N2O/c1-17-11-13-6-9-16(10-13)14(12-15)7-4-2-3-5-8-14/h13H,2-12,15H2,1H3. The Bertz CT molecular complexity index is 224. The van der Waals surface area contributed by atoms with Crippen molar-refractivity contribution >= 4 is 0 Å². The van der Waals surface area contributed by atoms with Crippen molar-refractivity contribution in [2.75, 3.05) is 33.4 Å². The van der Waals surface area contributed by atoms with Gasteiger partial charge in [0.2, 0.25) is 0 Å². The molecule has 2 fully saturated rings. The number of likely N-dealkylation sites (tertiary alicyclic amines) is 1. The maximum Gasteiger partial charge on any atom is 0.0503 e. The molecule has 2 N–H and O–H groups in total. The van der Waals surface area contributed by atoms with E-state index in [-0.39, 0.29) is 0 Å². The second-order valence-electron chi connectivity index (χ2n) is 5.90. The first-order valence-corrected chi connectivity index (χ1v) is 7.25. The van der Waals surface area contributed by atoms with E-state index in [1.54, 1.807) is 0 Å². The summed E-state index contributed by atoms with van der Waals surface area (Å²) in [5.41, 5.74) is 6.45. The predicted octanol–water partition coefficient (Wildman–Crippen LogP) is 2.01. The lowest BCUT2D eigenvalue weighted by Gasteiger charge is -2.41. The molecule has 1 saturated heterocycles. The van der Waals surface area contributed by atoms with Crippen LogP contribution in [0.5, 0.6) is 0 Å². The van der Waals surface area contributed by atoms with Crippen molar-refractivity contribution < 1.29 is 4.74 Å². The van der Waals surface area contributed by atoms with Crippen molar-refractivity contribution in [2.24, 2.45) is 11.7 Å². The zero-order valence-corrected chi connectivity index (χ0v) is 11.3. The van der Waals surface area contributed by atoms with Gasteiger partial charge in [0.1, 0.15) is 0 Å². The monoisotopic (exact) mass is 240 g/mol. The first kappa shape index (κ1) is 13.3. The van der Waals surface area contributed by atoms with Crippen LogP contribution in [0.3, 0.4) is 0 Å². The fraction of sp³-hybridized carbons (Fsp3) is 1.00. The summed E-state index contributed by atoms with van der Waals surface area (Å²) in [6, 6.07) is 0. The molecule has 1 unspecified atom stereocenters. The van der Waals surface area contributed by atoms with Crippen LogP contribution >= 0.6 is 0 Å². The fourth-order valence-electron chi connectivity index (χ4n) is 3.67. The SMILES string of the molecule is COCC1CCN(C2(CN)CCCCCC2)C1. The van der Waals surface area contributed by atoms with E-state index in [0.29, 0.717) is 5.54 Å². The molecule has 3 nitrogen and oxygen atoms in total. The van der Waals surface area contributed by atoms with Gasteiger partial charge >= 0.3 is 0 Å². The Kier molecular flexibility index (Phi) is 4.83. The van der Waals surface area contributed by atoms with E-state index < -0.39 is 0 Å². The molecule has 2 aliphatic rings. The lowest BCUT2D eigenvalue weighted by molar-refractivity contribution is 0.0896. The van der Waals surface area contributed by atoms with E-state index in [1.807, 2.05) is 7.11 Å². The molecular weight excluding hydrogens is 212 g/mol. The van der Waals surface area contributed by atoms with Gasteiger partial charge in [0.15, 0.2) is 0 Å². The molecular formula is C14H28N2O. The van der Waals surface area contributed by atoms with Crippen LogP contribution < -0.4 is 5.73 Å². The first-order valence-electron chi connectivity index (χ1n) is 7.25. The summed E-state index contributed by atoms with van der Waals surface area (Å²) in [4.78, 5) is 2.68. The summed E-state index contributed by atoms with van der Waals surface area (Å²) in [6.07, 6.45) is 9.43. The molecule has 0 bridgehead atoms. The van der Waals surface area contributed by atoms with E-state index >= 15 is 0 Å². The molecule has 2 rings (SSSR count). The minimum atomic E-state index is 0.318. The molecule has 1 aliphatic heterocycles. The third kappa shape index (κ3) is 3.01. The Morgan fingerprint density at radius 1 is 1.24 bits per heavy atom. The summed E-state index contributed by atoms with van der Waals surface area (Å²) < 4.78 is 5.29. The maximum atomic E-state index is 6.13. The number of hydrogen-bond acceptors (Lipinski definition) is 3. The number of ether oxygens (including phenoxy) is 1. The third-order valence-corrected chi connectivity index (χ3v) is 4.77. The van der Waals surface area contributed by atoms with E-state index in [1.165, 1.54) is 58.0 Å². The minimum Gasteiger partial charge on any atom is -0.384 e. The average molecular weight is 240 g/mol. The largest absolute Gasteiger partial charge is 0.384 e. The number of methoxy groups -OCH3 is 1. The Balaban J connectivity index is 1.97. The molecule has 0 aromatic heterocycles. The van der Waals surface area contributed by atoms with Gasteiger partial charge in [0.05, 0.1) is 6.61 Å². The molecule has 1 heterocycles. The molecule has 0 amide bonds. The Labute approximate surface area is 106 Å². The molecule has 0 radical (unpaired) electrons. The van der Waals surface area contributed by atoms with Crippen LogP contribution in [0.25, 0.3) is 0 Å². The van der Waals surface area contributed by atoms with E-state index in [9.17, 15) is 0 Å². The highest BCUT2D eigenvalue weighted by molar-refractivity contribution is 4.96. The van der Waals surface area contributed by atoms with E-state index in [2.05, 4.69) is 4.90 Å². The molecule has 100 valence electrons. The van der Waals surface area contributed by atoms with Gasteiger partial charge in [-0.3, -0.25) is 4.90 Å². The van der Waals surface area contributed by atoms with Gasteiger partial charge in [-0.25, -0.2) is 0 Å². The Morgan fingerprint density at radius 3 is 2.53 bits per heavy atom. The van der Waals surface area contributed by atoms with Crippen LogP contribution in [0.15, 0.2) is 0 Å². The van der Waals surface area contributed by atoms with Crippen LogP contribution in [0.2, 0.25) is 0 Å². The smallest absolute Gasteiger partial charge is 0.0503 e. The molecule has 1 aliphatic carbocycles. The second-order valence-corrected chi connectivity index (χ2v) is 5.90. The molecule has 1 atom stereocenters. The van der Waals surface area contributed by atoms with Crippen LogP contribution in [0.4, 0.5) is 0 Å². The van der Waals surface area contributed by atoms with Crippen LogP contribution in [-0.4, -0.2) is 43.8 Å². The van der Waals surface area contributed by atoms with Crippen LogP contribution in [0.1, 0.15) is 44.9 Å². The quantitative estimate of drug-likeness (QED) is 0.764. The molecule has 0 spiro atoms. The van der Waals surface area contributed by atoms with Gasteiger partial charge in [0, 0.05) is 25.7 Å². The Morgan fingerprint density at radius 2 is 1.94 bits per heavy atom. The summed E-state index contributed by atoms with van der Waals surface area (Å²) in [5.74, 6) is 0.728. The lowest BCUT2D eigenvalue weighted by Crippen LogP contribution is -2.52. The highest BCUT2D eigenvalue weighted by atomic mass is 16.5. The van der Waals surface area contributed by atoms with Gasteiger partial charge in [0.25, 0.3) is 0 Å². The zero-order valence-electron chi connectivity index (χ0n) is 11.3. The van der Waals surface area contributed by atoms with Crippen molar-refractivity contribution in [1.29, 1.82) is 0 Å². The van der Waals surface area contributed by atoms with Crippen LogP contribution in [0, 0.1) is 5.92 Å². The van der Waals surface area contributed by atoms with E-state index in [0.717, 1.165) is 19.1 Å². The van der Waals surface area contributed by atoms with E-state index in [4.69, 9.17) is 10.5 Å². The zero-order chi connectivity index (χ0) is 12.1. The van der Waals surface area contributed by atoms with Crippen LogP contribution in [-0.2, 0) is 4.74 Å². The highest BCUT2D eigenvalue weighted by Crippen LogP contribution is 2.35. The van der Waals surface area contributed by atoms with Gasteiger partial charge in [-0.05, 0) is 31.7 Å². The maximum absolute atomic E-state index is 6.13. The average Bonchev–Trinajstić information content (AvgIpc) is 2.68. The van der Waals surface area contributed by atoms with Crippen molar-refractivity contribution in [1.82, 2.24) is 4.90 Å². The summed E-state index contributed by atoms with van der Waals surface area (Å²) >= 11 is 0. The van der Waals surface area contributed by atoms with Gasteiger partial charge < -0.3 is 10.5 Å². The topological polar surface area (TPSA) is 38.5 Å². The molecule has 17 heavy (non-hydrogen) atoms. The predicted molar refractivity (Wildman–Crippen MR) is 71.0 cm³/mol. The lowest BCUT2D eigenvalue weighted by atomic mass is 9.88. The summed E-state index contributed by atoms with van der Waals surface area (Å²) in [5, 5.41) is 0. The number of nitrogens with two attached hydrogens (primary N) is 1. The fourth-order valence-corrected chi connectivity index (χ4v) is 3.67. The highest BCUT2D eigenvalue weighted by Gasteiger charge is 2.39. The second kappa shape index (κ2) is 6.17. The number of nitrogens with zero attached hydrogens (tertiary/aromatic N) is 1. The molecule has 0 aromatic carbocycles. The summed E-state index contributed by atoms with van der Waals surface area (Å²) in [6.45, 7) is 4.18. The molecule has 0 aromatic rings. The normalized spacial score (nSPS) is 30.4. The van der Waals surface area contributed by atoms with Gasteiger partial charge in [-0.2, -0.15) is 0 Å².